The number of hydrogen-bond acceptors (Lipinski definition) is 5. The highest BCUT2D eigenvalue weighted by molar-refractivity contribution is 9.10. The molecule has 1 aliphatic rings. The van der Waals surface area contributed by atoms with Crippen LogP contribution in [0, 0.1) is 0 Å². The van der Waals surface area contributed by atoms with E-state index in [0.29, 0.717) is 23.1 Å². The molecular weight excluding hydrogens is 334 g/mol. The third kappa shape index (κ3) is 4.52. The molecule has 0 radical (unpaired) electrons. The summed E-state index contributed by atoms with van der Waals surface area (Å²) >= 11 is 3.40. The number of halogens is 1. The molecule has 1 fully saturated rings. The summed E-state index contributed by atoms with van der Waals surface area (Å²) in [5, 5.41) is 7.67. The molecule has 0 amide bonds. The van der Waals surface area contributed by atoms with Gasteiger partial charge in [0.2, 0.25) is 0 Å². The van der Waals surface area contributed by atoms with Crippen LogP contribution in [0.4, 0.5) is 5.69 Å². The summed E-state index contributed by atoms with van der Waals surface area (Å²) in [7, 11) is 3.95. The Morgan fingerprint density at radius 1 is 1.43 bits per heavy atom. The Bertz CT molecular complexity index is 523. The third-order valence-corrected chi connectivity index (χ3v) is 4.64. The number of likely N-dealkylation sites (N-methyl/N-ethyl adjacent to an activating group) is 1. The van der Waals surface area contributed by atoms with E-state index in [1.54, 1.807) is 6.20 Å². The Labute approximate surface area is 133 Å². The van der Waals surface area contributed by atoms with Crippen molar-refractivity contribution in [3.63, 3.8) is 0 Å². The largest absolute Gasteiger partial charge is 0.380 e. The van der Waals surface area contributed by atoms with Gasteiger partial charge in [-0.3, -0.25) is 4.79 Å². The Morgan fingerprint density at radius 3 is 2.71 bits per heavy atom. The first kappa shape index (κ1) is 16.5. The SMILES string of the molecule is CN(C)CCn1ncc(NC2CCC(N)CC2)c(Br)c1=O. The Balaban J connectivity index is 2.04. The van der Waals surface area contributed by atoms with E-state index in [-0.39, 0.29) is 5.56 Å². The number of nitrogens with zero attached hydrogens (tertiary/aromatic N) is 3. The molecule has 7 heteroatoms. The number of rotatable bonds is 5. The zero-order chi connectivity index (χ0) is 15.4. The second-order valence-corrected chi connectivity index (χ2v) is 6.75. The van der Waals surface area contributed by atoms with Gasteiger partial charge in [-0.1, -0.05) is 0 Å². The topological polar surface area (TPSA) is 76.2 Å². The second-order valence-electron chi connectivity index (χ2n) is 5.96. The lowest BCUT2D eigenvalue weighted by Crippen LogP contribution is -2.34. The van der Waals surface area contributed by atoms with Gasteiger partial charge in [0.25, 0.3) is 5.56 Å². The first-order valence-electron chi connectivity index (χ1n) is 7.40. The van der Waals surface area contributed by atoms with Crippen molar-refractivity contribution in [2.75, 3.05) is 26.0 Å². The van der Waals surface area contributed by atoms with Gasteiger partial charge < -0.3 is 16.0 Å². The second kappa shape index (κ2) is 7.38. The predicted octanol–water partition coefficient (Wildman–Crippen LogP) is 1.25. The Kier molecular flexibility index (Phi) is 5.78. The van der Waals surface area contributed by atoms with Crippen LogP contribution >= 0.6 is 15.9 Å². The molecule has 21 heavy (non-hydrogen) atoms. The number of hydrogen-bond donors (Lipinski definition) is 2. The lowest BCUT2D eigenvalue weighted by atomic mass is 9.92. The van der Waals surface area contributed by atoms with Crippen LogP contribution in [0.5, 0.6) is 0 Å². The Hall–Kier alpha value is -0.920. The maximum atomic E-state index is 12.3. The van der Waals surface area contributed by atoms with Crippen LogP contribution in [0.3, 0.4) is 0 Å². The quantitative estimate of drug-likeness (QED) is 0.829. The van der Waals surface area contributed by atoms with Gasteiger partial charge in [0.05, 0.1) is 18.4 Å². The summed E-state index contributed by atoms with van der Waals surface area (Å²) < 4.78 is 2.05. The Morgan fingerprint density at radius 2 is 2.10 bits per heavy atom. The lowest BCUT2D eigenvalue weighted by molar-refractivity contribution is 0.367. The van der Waals surface area contributed by atoms with Crippen LogP contribution in [-0.2, 0) is 6.54 Å². The minimum atomic E-state index is -0.0886. The van der Waals surface area contributed by atoms with E-state index in [0.717, 1.165) is 37.9 Å². The maximum absolute atomic E-state index is 12.3. The minimum Gasteiger partial charge on any atom is -0.380 e. The fourth-order valence-corrected chi connectivity index (χ4v) is 2.92. The van der Waals surface area contributed by atoms with Crippen molar-refractivity contribution in [3.8, 4) is 0 Å². The summed E-state index contributed by atoms with van der Waals surface area (Å²) in [6.07, 6.45) is 5.87. The monoisotopic (exact) mass is 357 g/mol. The standard InChI is InChI=1S/C14H24BrN5O/c1-19(2)7-8-20-14(21)13(15)12(9-17-20)18-11-5-3-10(16)4-6-11/h9-11,18H,3-8,16H2,1-2H3. The molecule has 3 N–H and O–H groups in total. The first-order chi connectivity index (χ1) is 9.97. The van der Waals surface area contributed by atoms with Crippen LogP contribution in [0.25, 0.3) is 0 Å². The molecule has 118 valence electrons. The highest BCUT2D eigenvalue weighted by Crippen LogP contribution is 2.23. The highest BCUT2D eigenvalue weighted by atomic mass is 79.9. The molecular formula is C14H24BrN5O. The van der Waals surface area contributed by atoms with E-state index in [9.17, 15) is 4.79 Å². The van der Waals surface area contributed by atoms with Crippen molar-refractivity contribution in [1.29, 1.82) is 0 Å². The molecule has 6 nitrogen and oxygen atoms in total. The molecule has 1 aromatic heterocycles. The number of nitrogens with two attached hydrogens (primary N) is 1. The number of aromatic nitrogens is 2. The summed E-state index contributed by atoms with van der Waals surface area (Å²) in [4.78, 5) is 14.3. The van der Waals surface area contributed by atoms with Crippen LogP contribution in [0.15, 0.2) is 15.5 Å². The van der Waals surface area contributed by atoms with E-state index in [1.807, 2.05) is 19.0 Å². The summed E-state index contributed by atoms with van der Waals surface area (Å²) in [5.41, 5.74) is 6.61. The van der Waals surface area contributed by atoms with Crippen molar-refractivity contribution < 1.29 is 0 Å². The fourth-order valence-electron chi connectivity index (χ4n) is 2.50. The van der Waals surface area contributed by atoms with Crippen molar-refractivity contribution in [2.24, 2.45) is 5.73 Å². The average Bonchev–Trinajstić information content (AvgIpc) is 2.45. The van der Waals surface area contributed by atoms with Gasteiger partial charge in [-0.15, -0.1) is 0 Å². The first-order valence-corrected chi connectivity index (χ1v) is 8.19. The van der Waals surface area contributed by atoms with E-state index >= 15 is 0 Å². The van der Waals surface area contributed by atoms with Gasteiger partial charge in [0.15, 0.2) is 0 Å². The molecule has 1 aliphatic carbocycles. The van der Waals surface area contributed by atoms with Gasteiger partial charge in [-0.25, -0.2) is 4.68 Å². The zero-order valence-electron chi connectivity index (χ0n) is 12.7. The van der Waals surface area contributed by atoms with Gasteiger partial charge in [-0.2, -0.15) is 5.10 Å². The van der Waals surface area contributed by atoms with Gasteiger partial charge in [0, 0.05) is 18.6 Å². The molecule has 0 unspecified atom stereocenters. The zero-order valence-corrected chi connectivity index (χ0v) is 14.3. The molecule has 1 heterocycles. The van der Waals surface area contributed by atoms with Gasteiger partial charge in [0.1, 0.15) is 4.47 Å². The summed E-state index contributed by atoms with van der Waals surface area (Å²) in [6, 6.07) is 0.698. The van der Waals surface area contributed by atoms with Crippen LogP contribution in [-0.4, -0.2) is 47.4 Å². The van der Waals surface area contributed by atoms with Crippen molar-refractivity contribution in [1.82, 2.24) is 14.7 Å². The molecule has 1 saturated carbocycles. The van der Waals surface area contributed by atoms with Crippen LogP contribution in [0.1, 0.15) is 25.7 Å². The van der Waals surface area contributed by atoms with Gasteiger partial charge in [-0.05, 0) is 55.7 Å². The smallest absolute Gasteiger partial charge is 0.283 e. The van der Waals surface area contributed by atoms with Crippen molar-refractivity contribution in [3.05, 3.63) is 21.0 Å². The molecule has 0 bridgehead atoms. The molecule has 0 spiro atoms. The van der Waals surface area contributed by atoms with E-state index in [4.69, 9.17) is 5.73 Å². The number of anilines is 1. The number of nitrogens with one attached hydrogen (secondary N) is 1. The van der Waals surface area contributed by atoms with Crippen molar-refractivity contribution in [2.45, 2.75) is 44.3 Å². The van der Waals surface area contributed by atoms with E-state index < -0.39 is 0 Å². The third-order valence-electron chi connectivity index (χ3n) is 3.88. The fraction of sp³-hybridized carbons (Fsp3) is 0.714. The molecule has 1 aromatic rings. The van der Waals surface area contributed by atoms with Crippen molar-refractivity contribution >= 4 is 21.6 Å². The van der Waals surface area contributed by atoms with Crippen LogP contribution < -0.4 is 16.6 Å². The lowest BCUT2D eigenvalue weighted by Gasteiger charge is -2.27. The molecule has 0 aromatic carbocycles. The summed E-state index contributed by atoms with van der Waals surface area (Å²) in [6.45, 7) is 1.37. The van der Waals surface area contributed by atoms with E-state index in [2.05, 4.69) is 26.3 Å². The molecule has 0 saturated heterocycles. The normalized spacial score (nSPS) is 22.5. The molecule has 2 rings (SSSR count). The molecule has 0 aliphatic heterocycles. The highest BCUT2D eigenvalue weighted by Gasteiger charge is 2.20. The van der Waals surface area contributed by atoms with Gasteiger partial charge >= 0.3 is 0 Å². The summed E-state index contributed by atoms with van der Waals surface area (Å²) in [5.74, 6) is 0. The predicted molar refractivity (Wildman–Crippen MR) is 88.6 cm³/mol. The minimum absolute atomic E-state index is 0.0886. The molecule has 0 atom stereocenters. The van der Waals surface area contributed by atoms with Crippen LogP contribution in [0.2, 0.25) is 0 Å². The van der Waals surface area contributed by atoms with E-state index in [1.165, 1.54) is 4.68 Å². The average molecular weight is 358 g/mol. The maximum Gasteiger partial charge on any atom is 0.283 e.